The fourth-order valence-corrected chi connectivity index (χ4v) is 2.31. The third-order valence-corrected chi connectivity index (χ3v) is 3.00. The van der Waals surface area contributed by atoms with Gasteiger partial charge in [0, 0.05) is 32.4 Å². The zero-order chi connectivity index (χ0) is 12.3. The van der Waals surface area contributed by atoms with Gasteiger partial charge in [-0.05, 0) is 25.5 Å². The average molecular weight is 235 g/mol. The van der Waals surface area contributed by atoms with Gasteiger partial charge in [0.2, 0.25) is 0 Å². The molecule has 2 N–H and O–H groups in total. The summed E-state index contributed by atoms with van der Waals surface area (Å²) in [5.41, 5.74) is 7.74. The second-order valence-corrected chi connectivity index (χ2v) is 4.81. The van der Waals surface area contributed by atoms with Gasteiger partial charge in [-0.2, -0.15) is 0 Å². The van der Waals surface area contributed by atoms with E-state index in [1.54, 1.807) is 0 Å². The molecule has 17 heavy (non-hydrogen) atoms. The number of hydrogen-bond donors (Lipinski definition) is 1. The average Bonchev–Trinajstić information content (AvgIpc) is 2.28. The van der Waals surface area contributed by atoms with Crippen molar-refractivity contribution in [1.82, 2.24) is 9.88 Å². The van der Waals surface area contributed by atoms with Crippen LogP contribution in [-0.4, -0.2) is 35.2 Å². The smallest absolute Gasteiger partial charge is 0.0678 e. The Bertz CT molecular complexity index is 342. The predicted octanol–water partition coefficient (Wildman–Crippen LogP) is 1.15. The number of nitrogens with two attached hydrogens (primary N) is 1. The molecule has 2 atom stereocenters. The van der Waals surface area contributed by atoms with Gasteiger partial charge >= 0.3 is 0 Å². The van der Waals surface area contributed by atoms with E-state index in [0.717, 1.165) is 30.9 Å². The molecule has 1 saturated heterocycles. The van der Waals surface area contributed by atoms with E-state index in [-0.39, 0.29) is 0 Å². The van der Waals surface area contributed by atoms with Crippen LogP contribution in [0.4, 0.5) is 0 Å². The van der Waals surface area contributed by atoms with Crippen LogP contribution in [0.15, 0.2) is 18.3 Å². The summed E-state index contributed by atoms with van der Waals surface area (Å²) < 4.78 is 5.71. The molecular formula is C13H21N3O. The molecule has 94 valence electrons. The van der Waals surface area contributed by atoms with Crippen molar-refractivity contribution in [2.75, 3.05) is 13.1 Å². The third kappa shape index (κ3) is 3.49. The maximum atomic E-state index is 5.71. The number of rotatable bonds is 3. The maximum Gasteiger partial charge on any atom is 0.0678 e. The summed E-state index contributed by atoms with van der Waals surface area (Å²) in [6.07, 6.45) is 2.48. The molecule has 1 aromatic rings. The lowest BCUT2D eigenvalue weighted by Crippen LogP contribution is -2.44. The summed E-state index contributed by atoms with van der Waals surface area (Å²) >= 11 is 0. The van der Waals surface area contributed by atoms with Crippen LogP contribution in [0.2, 0.25) is 0 Å². The van der Waals surface area contributed by atoms with Crippen LogP contribution in [0, 0.1) is 0 Å². The van der Waals surface area contributed by atoms with Gasteiger partial charge in [0.15, 0.2) is 0 Å². The van der Waals surface area contributed by atoms with Crippen LogP contribution in [0.25, 0.3) is 0 Å². The Morgan fingerprint density at radius 3 is 2.59 bits per heavy atom. The van der Waals surface area contributed by atoms with Crippen molar-refractivity contribution < 1.29 is 4.74 Å². The molecule has 0 saturated carbocycles. The van der Waals surface area contributed by atoms with Gasteiger partial charge in [-0.1, -0.05) is 6.07 Å². The number of aromatic nitrogens is 1. The number of morpholine rings is 1. The highest BCUT2D eigenvalue weighted by atomic mass is 16.5. The molecule has 0 spiro atoms. The number of nitrogens with zero attached hydrogens (tertiary/aromatic N) is 2. The zero-order valence-electron chi connectivity index (χ0n) is 10.6. The highest BCUT2D eigenvalue weighted by Crippen LogP contribution is 2.13. The van der Waals surface area contributed by atoms with E-state index in [9.17, 15) is 0 Å². The van der Waals surface area contributed by atoms with Crippen molar-refractivity contribution in [2.45, 2.75) is 39.1 Å². The van der Waals surface area contributed by atoms with Gasteiger partial charge < -0.3 is 10.5 Å². The number of pyridine rings is 1. The Morgan fingerprint density at radius 2 is 2.06 bits per heavy atom. The largest absolute Gasteiger partial charge is 0.373 e. The van der Waals surface area contributed by atoms with Crippen molar-refractivity contribution in [3.05, 3.63) is 29.6 Å². The van der Waals surface area contributed by atoms with Crippen LogP contribution in [0.1, 0.15) is 25.1 Å². The van der Waals surface area contributed by atoms with E-state index < -0.39 is 0 Å². The minimum Gasteiger partial charge on any atom is -0.373 e. The summed E-state index contributed by atoms with van der Waals surface area (Å²) in [6.45, 7) is 7.64. The Kier molecular flexibility index (Phi) is 4.10. The molecule has 1 aliphatic rings. The fraction of sp³-hybridized carbons (Fsp3) is 0.615. The molecule has 4 heteroatoms. The molecular weight excluding hydrogens is 214 g/mol. The van der Waals surface area contributed by atoms with E-state index in [1.807, 2.05) is 6.20 Å². The van der Waals surface area contributed by atoms with Gasteiger partial charge in [0.05, 0.1) is 17.9 Å². The molecule has 4 nitrogen and oxygen atoms in total. The van der Waals surface area contributed by atoms with Crippen molar-refractivity contribution in [2.24, 2.45) is 5.73 Å². The Balaban J connectivity index is 1.95. The lowest BCUT2D eigenvalue weighted by molar-refractivity contribution is -0.0707. The number of hydrogen-bond acceptors (Lipinski definition) is 4. The molecule has 0 amide bonds. The fourth-order valence-electron chi connectivity index (χ4n) is 2.31. The lowest BCUT2D eigenvalue weighted by Gasteiger charge is -2.35. The summed E-state index contributed by atoms with van der Waals surface area (Å²) in [5, 5.41) is 0. The van der Waals surface area contributed by atoms with E-state index in [1.165, 1.54) is 0 Å². The van der Waals surface area contributed by atoms with Gasteiger partial charge in [-0.3, -0.25) is 9.88 Å². The van der Waals surface area contributed by atoms with Crippen molar-refractivity contribution in [3.8, 4) is 0 Å². The second kappa shape index (κ2) is 5.58. The number of ether oxygens (including phenoxy) is 1. The highest BCUT2D eigenvalue weighted by molar-refractivity contribution is 5.13. The quantitative estimate of drug-likeness (QED) is 0.854. The van der Waals surface area contributed by atoms with Crippen LogP contribution >= 0.6 is 0 Å². The molecule has 0 bridgehead atoms. The van der Waals surface area contributed by atoms with Crippen LogP contribution in [0.3, 0.4) is 0 Å². The molecule has 0 unspecified atom stereocenters. The van der Waals surface area contributed by atoms with Crippen LogP contribution in [-0.2, 0) is 17.8 Å². The van der Waals surface area contributed by atoms with Crippen LogP contribution in [0.5, 0.6) is 0 Å². The highest BCUT2D eigenvalue weighted by Gasteiger charge is 2.22. The summed E-state index contributed by atoms with van der Waals surface area (Å²) in [5.74, 6) is 0. The second-order valence-electron chi connectivity index (χ2n) is 4.81. The zero-order valence-corrected chi connectivity index (χ0v) is 10.6. The minimum atomic E-state index is 0.307. The van der Waals surface area contributed by atoms with Gasteiger partial charge in [-0.25, -0.2) is 0 Å². The Labute approximate surface area is 103 Å². The Hall–Kier alpha value is -0.970. The van der Waals surface area contributed by atoms with E-state index >= 15 is 0 Å². The molecule has 2 heterocycles. The molecule has 1 aromatic heterocycles. The maximum absolute atomic E-state index is 5.71. The topological polar surface area (TPSA) is 51.4 Å². The monoisotopic (exact) mass is 235 g/mol. The third-order valence-electron chi connectivity index (χ3n) is 3.00. The summed E-state index contributed by atoms with van der Waals surface area (Å²) in [6, 6.07) is 4.11. The van der Waals surface area contributed by atoms with E-state index in [2.05, 4.69) is 35.9 Å². The van der Waals surface area contributed by atoms with E-state index in [0.29, 0.717) is 18.8 Å². The first kappa shape index (κ1) is 12.5. The van der Waals surface area contributed by atoms with Crippen molar-refractivity contribution >= 4 is 0 Å². The molecule has 1 aliphatic heterocycles. The molecule has 2 rings (SSSR count). The lowest BCUT2D eigenvalue weighted by atomic mass is 10.2. The summed E-state index contributed by atoms with van der Waals surface area (Å²) in [7, 11) is 0. The molecule has 0 aromatic carbocycles. The van der Waals surface area contributed by atoms with E-state index in [4.69, 9.17) is 10.5 Å². The van der Waals surface area contributed by atoms with Crippen molar-refractivity contribution in [3.63, 3.8) is 0 Å². The SMILES string of the molecule is C[C@@H]1CN(Cc2ccc(CN)cn2)C[C@H](C)O1. The van der Waals surface area contributed by atoms with Crippen LogP contribution < -0.4 is 5.73 Å². The first-order valence-electron chi connectivity index (χ1n) is 6.19. The standard InChI is InChI=1S/C13H21N3O/c1-10-7-16(8-11(2)17-10)9-13-4-3-12(5-14)6-15-13/h3-4,6,10-11H,5,7-9,14H2,1-2H3/t10-,11+. The van der Waals surface area contributed by atoms with Gasteiger partial charge in [-0.15, -0.1) is 0 Å². The van der Waals surface area contributed by atoms with Crippen molar-refractivity contribution in [1.29, 1.82) is 0 Å². The first-order chi connectivity index (χ1) is 8.17. The molecule has 0 radical (unpaired) electrons. The molecule has 0 aliphatic carbocycles. The summed E-state index contributed by atoms with van der Waals surface area (Å²) in [4.78, 5) is 6.82. The van der Waals surface area contributed by atoms with Gasteiger partial charge in [0.25, 0.3) is 0 Å². The van der Waals surface area contributed by atoms with Gasteiger partial charge in [0.1, 0.15) is 0 Å². The molecule has 1 fully saturated rings. The Morgan fingerprint density at radius 1 is 1.35 bits per heavy atom. The first-order valence-corrected chi connectivity index (χ1v) is 6.19. The predicted molar refractivity (Wildman–Crippen MR) is 67.4 cm³/mol. The minimum absolute atomic E-state index is 0.307. The normalized spacial score (nSPS) is 26.1.